The highest BCUT2D eigenvalue weighted by Gasteiger charge is 2.16. The lowest BCUT2D eigenvalue weighted by Gasteiger charge is -2.20. The Labute approximate surface area is 202 Å². The largest absolute Gasteiger partial charge is 0.379 e. The molecule has 1 heterocycles. The van der Waals surface area contributed by atoms with Crippen molar-refractivity contribution >= 4 is 32.7 Å². The van der Waals surface area contributed by atoms with Crippen molar-refractivity contribution in [1.29, 1.82) is 0 Å². The molecule has 0 unspecified atom stereocenters. The highest BCUT2D eigenvalue weighted by atomic mass is 79.9. The predicted molar refractivity (Wildman–Crippen MR) is 140 cm³/mol. The van der Waals surface area contributed by atoms with Crippen molar-refractivity contribution in [3.63, 3.8) is 0 Å². The monoisotopic (exact) mass is 496 g/mol. The fourth-order valence-electron chi connectivity index (χ4n) is 4.02. The summed E-state index contributed by atoms with van der Waals surface area (Å²) in [6.45, 7) is 4.92. The fraction of sp³-hybridized carbons (Fsp3) is 0.143. The molecule has 0 radical (unpaired) electrons. The molecule has 1 aliphatic heterocycles. The quantitative estimate of drug-likeness (QED) is 0.271. The van der Waals surface area contributed by atoms with E-state index in [2.05, 4.69) is 119 Å². The minimum absolute atomic E-state index is 0.175. The van der Waals surface area contributed by atoms with Crippen LogP contribution in [0.4, 0.5) is 5.69 Å². The first kappa shape index (κ1) is 21.4. The average Bonchev–Trinajstić information content (AvgIpc) is 2.82. The van der Waals surface area contributed by atoms with Crippen LogP contribution < -0.4 is 10.7 Å². The Morgan fingerprint density at radius 1 is 0.909 bits per heavy atom. The second kappa shape index (κ2) is 9.20. The van der Waals surface area contributed by atoms with Gasteiger partial charge in [-0.15, -0.1) is 0 Å². The molecule has 0 spiro atoms. The Morgan fingerprint density at radius 2 is 1.64 bits per heavy atom. The van der Waals surface area contributed by atoms with E-state index in [4.69, 9.17) is 9.98 Å². The number of anilines is 1. The van der Waals surface area contributed by atoms with Gasteiger partial charge in [0, 0.05) is 22.7 Å². The van der Waals surface area contributed by atoms with Crippen molar-refractivity contribution in [3.05, 3.63) is 106 Å². The molecule has 5 heteroatoms. The second-order valence-electron chi connectivity index (χ2n) is 8.33. The molecule has 0 amide bonds. The first-order chi connectivity index (χ1) is 16.1. The van der Waals surface area contributed by atoms with Gasteiger partial charge in [-0.05, 0) is 67.9 Å². The van der Waals surface area contributed by atoms with Crippen LogP contribution >= 0.6 is 15.9 Å². The smallest absolute Gasteiger partial charge is 0.0900 e. The lowest BCUT2D eigenvalue weighted by molar-refractivity contribution is 0.805. The third kappa shape index (κ3) is 4.55. The van der Waals surface area contributed by atoms with Crippen LogP contribution in [-0.2, 0) is 6.54 Å². The Balaban J connectivity index is 1.71. The molecule has 0 fully saturated rings. The van der Waals surface area contributed by atoms with Crippen LogP contribution in [-0.4, -0.2) is 15.6 Å². The molecule has 5 rings (SSSR count). The minimum Gasteiger partial charge on any atom is -0.379 e. The maximum atomic E-state index is 5.00. The Hall–Kier alpha value is -3.44. The van der Waals surface area contributed by atoms with Gasteiger partial charge in [-0.1, -0.05) is 58.4 Å². The molecule has 1 aliphatic carbocycles. The summed E-state index contributed by atoms with van der Waals surface area (Å²) >= 11 is 3.51. The normalized spacial score (nSPS) is 12.1. The van der Waals surface area contributed by atoms with Crippen LogP contribution in [0, 0.1) is 0 Å². The van der Waals surface area contributed by atoms with Crippen LogP contribution in [0.3, 0.4) is 0 Å². The summed E-state index contributed by atoms with van der Waals surface area (Å²) in [5.74, 6) is 0. The summed E-state index contributed by atoms with van der Waals surface area (Å²) in [5, 5.41) is 4.54. The van der Waals surface area contributed by atoms with Crippen LogP contribution in [0.5, 0.6) is 0 Å². The van der Waals surface area contributed by atoms with E-state index in [-0.39, 0.29) is 6.04 Å². The highest BCUT2D eigenvalue weighted by Crippen LogP contribution is 2.29. The van der Waals surface area contributed by atoms with E-state index >= 15 is 0 Å². The zero-order valence-corrected chi connectivity index (χ0v) is 20.3. The third-order valence-corrected chi connectivity index (χ3v) is 6.03. The summed E-state index contributed by atoms with van der Waals surface area (Å²) < 4.78 is 3.35. The Bertz CT molecular complexity index is 1440. The summed E-state index contributed by atoms with van der Waals surface area (Å²) in [4.78, 5) is 9.94. The molecule has 164 valence electrons. The minimum atomic E-state index is 0.175. The van der Waals surface area contributed by atoms with E-state index in [1.54, 1.807) is 0 Å². The molecular weight excluding hydrogens is 472 g/mol. The summed E-state index contributed by atoms with van der Waals surface area (Å²) in [5.41, 5.74) is 7.30. The fourth-order valence-corrected chi connectivity index (χ4v) is 4.29. The summed E-state index contributed by atoms with van der Waals surface area (Å²) in [6.07, 6.45) is 0. The highest BCUT2D eigenvalue weighted by molar-refractivity contribution is 9.10. The van der Waals surface area contributed by atoms with Crippen molar-refractivity contribution in [1.82, 2.24) is 9.55 Å². The number of benzene rings is 4. The van der Waals surface area contributed by atoms with E-state index in [0.717, 1.165) is 43.6 Å². The molecule has 0 aromatic heterocycles. The molecule has 4 nitrogen and oxygen atoms in total. The van der Waals surface area contributed by atoms with Gasteiger partial charge in [0.15, 0.2) is 0 Å². The van der Waals surface area contributed by atoms with Gasteiger partial charge < -0.3 is 9.88 Å². The van der Waals surface area contributed by atoms with E-state index in [9.17, 15) is 0 Å². The number of hydrogen-bond donors (Lipinski definition) is 1. The molecule has 0 saturated heterocycles. The van der Waals surface area contributed by atoms with Gasteiger partial charge in [-0.2, -0.15) is 0 Å². The number of halogens is 1. The molecular formula is C28H25BrN4. The van der Waals surface area contributed by atoms with Gasteiger partial charge in [-0.25, -0.2) is 4.98 Å². The van der Waals surface area contributed by atoms with Crippen molar-refractivity contribution in [2.75, 3.05) is 5.32 Å². The second-order valence-corrected chi connectivity index (χ2v) is 9.25. The van der Waals surface area contributed by atoms with E-state index in [1.165, 1.54) is 5.56 Å². The standard InChI is InChI=1S/C28H25BrN4/c1-19(2)31-25-17-28-26(16-24(25)30-18-20-12-14-21(29)15-13-20)32-23-10-6-7-11-27(23)33(28)22-8-4-3-5-9-22/h3-17,19,30H,18H2,1-2H3. The van der Waals surface area contributed by atoms with Crippen molar-refractivity contribution in [2.24, 2.45) is 4.99 Å². The SMILES string of the molecule is CC(C)N=c1cc2n(-c3ccccc3)c3ccccc3nc-2cc1NCc1ccc(Br)cc1. The molecule has 0 atom stereocenters. The number of hydrogen-bond acceptors (Lipinski definition) is 3. The van der Waals surface area contributed by atoms with E-state index in [0.29, 0.717) is 6.54 Å². The zero-order chi connectivity index (χ0) is 22.8. The van der Waals surface area contributed by atoms with Crippen LogP contribution in [0.15, 0.2) is 100 Å². The van der Waals surface area contributed by atoms with Gasteiger partial charge in [0.25, 0.3) is 0 Å². The number of fused-ring (bicyclic) bond motifs is 2. The van der Waals surface area contributed by atoms with Gasteiger partial charge in [0.05, 0.1) is 33.5 Å². The maximum Gasteiger partial charge on any atom is 0.0900 e. The van der Waals surface area contributed by atoms with E-state index in [1.807, 2.05) is 12.1 Å². The molecule has 0 saturated carbocycles. The zero-order valence-electron chi connectivity index (χ0n) is 18.7. The molecule has 3 aromatic carbocycles. The molecule has 33 heavy (non-hydrogen) atoms. The summed E-state index contributed by atoms with van der Waals surface area (Å²) in [7, 11) is 0. The third-order valence-electron chi connectivity index (χ3n) is 5.51. The summed E-state index contributed by atoms with van der Waals surface area (Å²) in [6, 6.07) is 31.5. The van der Waals surface area contributed by atoms with Gasteiger partial charge in [-0.3, -0.25) is 4.99 Å². The lowest BCUT2D eigenvalue weighted by Crippen LogP contribution is -2.18. The number of para-hydroxylation sites is 3. The van der Waals surface area contributed by atoms with Gasteiger partial charge >= 0.3 is 0 Å². The molecule has 3 aromatic rings. The Kier molecular flexibility index (Phi) is 5.97. The van der Waals surface area contributed by atoms with Gasteiger partial charge in [0.2, 0.25) is 0 Å². The van der Waals surface area contributed by atoms with E-state index < -0.39 is 0 Å². The number of rotatable bonds is 5. The first-order valence-corrected chi connectivity index (χ1v) is 11.9. The predicted octanol–water partition coefficient (Wildman–Crippen LogP) is 6.81. The van der Waals surface area contributed by atoms with Crippen LogP contribution in [0.2, 0.25) is 0 Å². The molecule has 0 bridgehead atoms. The lowest BCUT2D eigenvalue weighted by atomic mass is 10.1. The van der Waals surface area contributed by atoms with Crippen molar-refractivity contribution < 1.29 is 0 Å². The average molecular weight is 497 g/mol. The van der Waals surface area contributed by atoms with Gasteiger partial charge in [0.1, 0.15) is 0 Å². The Morgan fingerprint density at radius 3 is 2.39 bits per heavy atom. The molecule has 1 N–H and O–H groups in total. The van der Waals surface area contributed by atoms with Crippen molar-refractivity contribution in [3.8, 4) is 17.1 Å². The number of nitrogens with one attached hydrogen (secondary N) is 1. The number of nitrogens with zero attached hydrogens (tertiary/aromatic N) is 3. The topological polar surface area (TPSA) is 42.2 Å². The van der Waals surface area contributed by atoms with Crippen LogP contribution in [0.25, 0.3) is 28.1 Å². The van der Waals surface area contributed by atoms with Crippen molar-refractivity contribution in [2.45, 2.75) is 26.4 Å². The molecule has 2 aliphatic rings. The van der Waals surface area contributed by atoms with Crippen LogP contribution in [0.1, 0.15) is 19.4 Å². The first-order valence-electron chi connectivity index (χ1n) is 11.1. The number of aromatic nitrogens is 2. The maximum absolute atomic E-state index is 5.00.